The van der Waals surface area contributed by atoms with Crippen molar-refractivity contribution in [1.82, 2.24) is 35.5 Å². The zero-order chi connectivity index (χ0) is 35.9. The monoisotopic (exact) mass is 685 g/mol. The lowest BCUT2D eigenvalue weighted by molar-refractivity contribution is -0.148. The Bertz CT molecular complexity index is 1690. The first-order valence-electron chi connectivity index (χ1n) is 17.1. The highest BCUT2D eigenvalue weighted by Gasteiger charge is 2.38. The number of rotatable bonds is 7. The van der Waals surface area contributed by atoms with Crippen molar-refractivity contribution in [3.05, 3.63) is 88.7 Å². The van der Waals surface area contributed by atoms with Crippen molar-refractivity contribution in [3.63, 3.8) is 0 Å². The highest BCUT2D eigenvalue weighted by Crippen LogP contribution is 2.18. The Morgan fingerprint density at radius 2 is 1.64 bits per heavy atom. The van der Waals surface area contributed by atoms with Gasteiger partial charge in [0.15, 0.2) is 6.10 Å². The lowest BCUT2D eigenvalue weighted by Crippen LogP contribution is -2.59. The molecule has 3 N–H and O–H groups in total. The number of benzene rings is 2. The highest BCUT2D eigenvalue weighted by molar-refractivity contribution is 5.96. The molecule has 1 aromatic heterocycles. The van der Waals surface area contributed by atoms with Gasteiger partial charge in [-0.3, -0.25) is 28.7 Å². The minimum absolute atomic E-state index is 0.00467. The van der Waals surface area contributed by atoms with Crippen LogP contribution in [-0.4, -0.2) is 107 Å². The van der Waals surface area contributed by atoms with E-state index >= 15 is 0 Å². The molecule has 3 aromatic rings. The minimum Gasteiger partial charge on any atom is -0.360 e. The Labute approximate surface area is 292 Å². The molecule has 266 valence electrons. The zero-order valence-electron chi connectivity index (χ0n) is 29.3. The molecule has 50 heavy (non-hydrogen) atoms. The predicted molar refractivity (Wildman–Crippen MR) is 186 cm³/mol. The van der Waals surface area contributed by atoms with E-state index in [2.05, 4.69) is 21.0 Å². The van der Waals surface area contributed by atoms with Gasteiger partial charge in [0.25, 0.3) is 11.8 Å². The number of carbonyl (C=O) groups excluding carboxylic acids is 5. The first kappa shape index (κ1) is 36.2. The minimum atomic E-state index is -1.12. The van der Waals surface area contributed by atoms with Crippen LogP contribution in [0.2, 0.25) is 0 Å². The Hall–Kier alpha value is -5.04. The van der Waals surface area contributed by atoms with Crippen molar-refractivity contribution in [2.45, 2.75) is 71.4 Å². The van der Waals surface area contributed by atoms with Gasteiger partial charge in [-0.15, -0.1) is 0 Å². The van der Waals surface area contributed by atoms with Crippen LogP contribution in [-0.2, 0) is 36.9 Å². The molecule has 2 saturated heterocycles. The fourth-order valence-electron chi connectivity index (χ4n) is 6.36. The molecule has 13 nitrogen and oxygen atoms in total. The number of hydrogen-bond acceptors (Lipinski definition) is 7. The Morgan fingerprint density at radius 1 is 0.920 bits per heavy atom. The molecule has 2 aromatic carbocycles. The van der Waals surface area contributed by atoms with E-state index in [0.29, 0.717) is 18.5 Å². The van der Waals surface area contributed by atoms with Crippen LogP contribution in [0.15, 0.2) is 60.7 Å². The largest absolute Gasteiger partial charge is 0.360 e. The molecule has 2 aliphatic rings. The van der Waals surface area contributed by atoms with Crippen LogP contribution in [0, 0.1) is 19.8 Å². The molecule has 4 atom stereocenters. The summed E-state index contributed by atoms with van der Waals surface area (Å²) in [6.45, 7) is 8.16. The quantitative estimate of drug-likeness (QED) is 0.342. The number of aromatic nitrogens is 2. The second-order valence-corrected chi connectivity index (χ2v) is 13.7. The van der Waals surface area contributed by atoms with E-state index in [0.717, 1.165) is 22.5 Å². The van der Waals surface area contributed by atoms with Crippen molar-refractivity contribution in [1.29, 1.82) is 0 Å². The van der Waals surface area contributed by atoms with Crippen LogP contribution >= 0.6 is 0 Å². The van der Waals surface area contributed by atoms with Gasteiger partial charge in [0.05, 0.1) is 31.4 Å². The summed E-state index contributed by atoms with van der Waals surface area (Å²) in [5.41, 5.74) is 4.20. The van der Waals surface area contributed by atoms with E-state index in [1.54, 1.807) is 17.0 Å². The van der Waals surface area contributed by atoms with E-state index in [1.165, 1.54) is 11.9 Å². The van der Waals surface area contributed by atoms with E-state index < -0.39 is 47.9 Å². The number of hydrogen-bond donors (Lipinski definition) is 3. The zero-order valence-corrected chi connectivity index (χ0v) is 29.3. The molecular weight excluding hydrogens is 638 g/mol. The summed E-state index contributed by atoms with van der Waals surface area (Å²) in [6.07, 6.45) is -1.30. The lowest BCUT2D eigenvalue weighted by atomic mass is 10.0. The molecule has 2 aliphatic heterocycles. The van der Waals surface area contributed by atoms with E-state index in [1.807, 2.05) is 80.9 Å². The summed E-state index contributed by atoms with van der Waals surface area (Å²) in [7, 11) is 1.48. The van der Waals surface area contributed by atoms with Crippen LogP contribution in [0.1, 0.15) is 53.1 Å². The number of aryl methyl sites for hydroxylation is 2. The van der Waals surface area contributed by atoms with Gasteiger partial charge in [-0.05, 0) is 55.5 Å². The van der Waals surface area contributed by atoms with E-state index in [-0.39, 0.29) is 44.4 Å². The molecule has 0 spiro atoms. The molecule has 3 heterocycles. The summed E-state index contributed by atoms with van der Waals surface area (Å²) < 4.78 is 8.10. The fraction of sp³-hybridized carbons (Fsp3) is 0.459. The van der Waals surface area contributed by atoms with Gasteiger partial charge in [-0.2, -0.15) is 5.10 Å². The van der Waals surface area contributed by atoms with Crippen molar-refractivity contribution in [2.75, 3.05) is 33.2 Å². The fourth-order valence-corrected chi connectivity index (χ4v) is 6.36. The van der Waals surface area contributed by atoms with Gasteiger partial charge >= 0.3 is 0 Å². The van der Waals surface area contributed by atoms with Crippen LogP contribution < -0.4 is 16.0 Å². The maximum absolute atomic E-state index is 13.9. The molecule has 5 amide bonds. The van der Waals surface area contributed by atoms with Crippen molar-refractivity contribution < 1.29 is 28.7 Å². The van der Waals surface area contributed by atoms with Crippen molar-refractivity contribution in [3.8, 4) is 0 Å². The average Bonchev–Trinajstić information content (AvgIpc) is 3.41. The lowest BCUT2D eigenvalue weighted by Gasteiger charge is -2.38. The van der Waals surface area contributed by atoms with Crippen LogP contribution in [0.5, 0.6) is 0 Å². The molecule has 0 unspecified atom stereocenters. The molecule has 0 aliphatic carbocycles. The smallest absolute Gasteiger partial charge is 0.254 e. The highest BCUT2D eigenvalue weighted by atomic mass is 16.5. The second-order valence-electron chi connectivity index (χ2n) is 13.7. The molecule has 0 radical (unpaired) electrons. The van der Waals surface area contributed by atoms with Crippen molar-refractivity contribution >= 4 is 29.5 Å². The number of morpholine rings is 1. The van der Waals surface area contributed by atoms with E-state index in [4.69, 9.17) is 4.74 Å². The van der Waals surface area contributed by atoms with Gasteiger partial charge in [-0.25, -0.2) is 0 Å². The Balaban J connectivity index is 1.40. The third kappa shape index (κ3) is 9.35. The van der Waals surface area contributed by atoms with Crippen molar-refractivity contribution in [2.24, 2.45) is 5.92 Å². The maximum Gasteiger partial charge on any atom is 0.254 e. The van der Waals surface area contributed by atoms with E-state index in [9.17, 15) is 24.0 Å². The Kier molecular flexibility index (Phi) is 11.7. The summed E-state index contributed by atoms with van der Waals surface area (Å²) in [6, 6.07) is 16.7. The van der Waals surface area contributed by atoms with Gasteiger partial charge in [0, 0.05) is 37.8 Å². The number of ether oxygens (including phenoxy) is 1. The van der Waals surface area contributed by atoms with Gasteiger partial charge in [-0.1, -0.05) is 56.3 Å². The second kappa shape index (κ2) is 16.1. The van der Waals surface area contributed by atoms with Crippen LogP contribution in [0.3, 0.4) is 0 Å². The Morgan fingerprint density at radius 3 is 2.30 bits per heavy atom. The van der Waals surface area contributed by atoms with Gasteiger partial charge in [0.2, 0.25) is 17.7 Å². The maximum atomic E-state index is 13.9. The summed E-state index contributed by atoms with van der Waals surface area (Å²) >= 11 is 0. The summed E-state index contributed by atoms with van der Waals surface area (Å²) in [5, 5.41) is 13.0. The average molecular weight is 686 g/mol. The molecule has 13 heteroatoms. The molecule has 2 fully saturated rings. The molecule has 5 rings (SSSR count). The third-order valence-corrected chi connectivity index (χ3v) is 8.90. The number of nitrogens with one attached hydrogen (secondary N) is 3. The summed E-state index contributed by atoms with van der Waals surface area (Å²) in [5.74, 6) is -2.15. The predicted octanol–water partition coefficient (Wildman–Crippen LogP) is 1.60. The first-order chi connectivity index (χ1) is 23.9. The number of likely N-dealkylation sites (N-methyl/N-ethyl adjacent to an activating group) is 1. The number of carbonyl (C=O) groups is 5. The first-order valence-corrected chi connectivity index (χ1v) is 17.1. The number of fused-ring (bicyclic) bond motifs is 2. The number of amides is 5. The van der Waals surface area contributed by atoms with Crippen LogP contribution in [0.4, 0.5) is 0 Å². The normalized spacial score (nSPS) is 22.4. The van der Waals surface area contributed by atoms with Gasteiger partial charge < -0.3 is 30.5 Å². The molecular formula is C37H47N7O6. The SMILES string of the molecule is Cc1cc(C)n(Cc2ccc(C(=O)N3C[C@H]4CNC(=O)[C@H](CC(C)C)NC(=O)CN(C)C(=O)[C@@H](Cc5ccccc5)NC(=O)[C@@H](C3)O4)cc2)n1. The third-order valence-electron chi connectivity index (χ3n) is 8.90. The number of nitrogens with zero attached hydrogens (tertiary/aromatic N) is 4. The van der Waals surface area contributed by atoms with Crippen LogP contribution in [0.25, 0.3) is 0 Å². The standard InChI is InChI=1S/C37H47N7O6/c1-23(2)15-30-34(46)38-18-29-20-43(36(48)28-13-11-27(12-14-28)19-44-25(4)16-24(3)41-44)21-32(50-29)35(47)40-31(17-26-9-7-6-8-10-26)37(49)42(5)22-33(45)39-30/h6-14,16,23,29-32H,15,17-22H2,1-5H3,(H,38,46)(H,39,45)(H,40,47)/t29-,30+,31-,32-/m1/s1. The molecule has 2 bridgehead atoms. The van der Waals surface area contributed by atoms with Gasteiger partial charge in [0.1, 0.15) is 12.1 Å². The summed E-state index contributed by atoms with van der Waals surface area (Å²) in [4.78, 5) is 70.7. The topological polar surface area (TPSA) is 155 Å². The molecule has 0 saturated carbocycles.